The number of aromatic nitrogens is 1. The molecule has 9 heavy (non-hydrogen) atoms. The van der Waals surface area contributed by atoms with Gasteiger partial charge in [0.05, 0.1) is 6.20 Å². The van der Waals surface area contributed by atoms with Gasteiger partial charge in [-0.05, 0) is 6.07 Å². The van der Waals surface area contributed by atoms with E-state index in [0.29, 0.717) is 0 Å². The third-order valence-electron chi connectivity index (χ3n) is 1.31. The van der Waals surface area contributed by atoms with Crippen LogP contribution in [0.25, 0.3) is 10.8 Å². The normalized spacial score (nSPS) is 10.2. The summed E-state index contributed by atoms with van der Waals surface area (Å²) in [5.41, 5.74) is 0. The summed E-state index contributed by atoms with van der Waals surface area (Å²) < 4.78 is 0. The highest BCUT2D eigenvalue weighted by Crippen LogP contribution is 2.08. The van der Waals surface area contributed by atoms with Crippen molar-refractivity contribution in [1.29, 1.82) is 0 Å². The fraction of sp³-hybridized carbons (Fsp3) is 0. The van der Waals surface area contributed by atoms with E-state index >= 15 is 0 Å². The number of hydrogen-bond acceptors (Lipinski definition) is 0. The lowest BCUT2D eigenvalue weighted by molar-refractivity contribution is 1.41. The van der Waals surface area contributed by atoms with Gasteiger partial charge in [-0.3, -0.25) is 0 Å². The topological polar surface area (TPSA) is 15.8 Å². The Morgan fingerprint density at radius 1 is 1.33 bits per heavy atom. The van der Waals surface area contributed by atoms with Gasteiger partial charge in [-0.25, -0.2) is 0 Å². The minimum absolute atomic E-state index is 1.09. The molecule has 0 aliphatic carbocycles. The zero-order chi connectivity index (χ0) is 6.10. The Kier molecular flexibility index (Phi) is 0.833. The van der Waals surface area contributed by atoms with Crippen LogP contribution in [-0.2, 0) is 0 Å². The van der Waals surface area contributed by atoms with E-state index in [-0.39, 0.29) is 0 Å². The van der Waals surface area contributed by atoms with Crippen molar-refractivity contribution >= 4 is 10.8 Å². The van der Waals surface area contributed by atoms with E-state index in [9.17, 15) is 0 Å². The summed E-state index contributed by atoms with van der Waals surface area (Å²) in [6.45, 7) is 0. The maximum Gasteiger partial charge on any atom is 0.0705 e. The summed E-state index contributed by atoms with van der Waals surface area (Å²) >= 11 is 0. The predicted octanol–water partition coefficient (Wildman–Crippen LogP) is 1.77. The molecule has 2 aromatic rings. The lowest BCUT2D eigenvalue weighted by Gasteiger charge is -1.80. The standard InChI is InChI=1S/C8H5N/c1-2-4-8-6-9-5-7(8)3-1/h1-3,6,9H. The van der Waals surface area contributed by atoms with Crippen LogP contribution in [0.4, 0.5) is 0 Å². The van der Waals surface area contributed by atoms with Crippen molar-refractivity contribution in [3.05, 3.63) is 36.7 Å². The molecule has 0 spiro atoms. The molecule has 1 heteroatoms. The first-order chi connectivity index (χ1) is 4.47. The van der Waals surface area contributed by atoms with Gasteiger partial charge in [-0.2, -0.15) is 0 Å². The van der Waals surface area contributed by atoms with Crippen LogP contribution in [0.1, 0.15) is 0 Å². The smallest absolute Gasteiger partial charge is 0.0705 e. The highest BCUT2D eigenvalue weighted by atomic mass is 14.6. The molecule has 42 valence electrons. The number of benzene rings is 1. The second-order valence-electron chi connectivity index (χ2n) is 1.91. The summed E-state index contributed by atoms with van der Waals surface area (Å²) in [5.74, 6) is 0. The summed E-state index contributed by atoms with van der Waals surface area (Å²) in [6.07, 6.45) is 4.85. The molecule has 1 heterocycles. The van der Waals surface area contributed by atoms with Crippen LogP contribution in [0.2, 0.25) is 0 Å². The Hall–Kier alpha value is -1.24. The van der Waals surface area contributed by atoms with Gasteiger partial charge in [-0.1, -0.05) is 18.2 Å². The second-order valence-corrected chi connectivity index (χ2v) is 1.91. The molecule has 0 saturated carbocycles. The van der Waals surface area contributed by atoms with Gasteiger partial charge >= 0.3 is 0 Å². The van der Waals surface area contributed by atoms with Gasteiger partial charge in [0.25, 0.3) is 0 Å². The van der Waals surface area contributed by atoms with Gasteiger partial charge in [-0.15, -0.1) is 0 Å². The molecule has 0 amide bonds. The summed E-state index contributed by atoms with van der Waals surface area (Å²) in [5, 5.41) is 2.19. The molecular weight excluding hydrogens is 110 g/mol. The third-order valence-corrected chi connectivity index (χ3v) is 1.31. The number of aromatic amines is 1. The van der Waals surface area contributed by atoms with Crippen LogP contribution in [0.15, 0.2) is 24.4 Å². The van der Waals surface area contributed by atoms with Crippen LogP contribution in [0, 0.1) is 12.3 Å². The molecule has 2 radical (unpaired) electrons. The highest BCUT2D eigenvalue weighted by molar-refractivity contribution is 5.80. The number of hydrogen-bond donors (Lipinski definition) is 1. The maximum atomic E-state index is 3.07. The number of rotatable bonds is 0. The molecule has 0 atom stereocenters. The Labute approximate surface area is 53.3 Å². The zero-order valence-electron chi connectivity index (χ0n) is 4.81. The summed E-state index contributed by atoms with van der Waals surface area (Å²) in [4.78, 5) is 2.88. The van der Waals surface area contributed by atoms with Crippen molar-refractivity contribution in [1.82, 2.24) is 4.98 Å². The van der Waals surface area contributed by atoms with Crippen molar-refractivity contribution in [2.45, 2.75) is 0 Å². The van der Waals surface area contributed by atoms with Crippen molar-refractivity contribution in [3.8, 4) is 0 Å². The van der Waals surface area contributed by atoms with E-state index in [4.69, 9.17) is 0 Å². The van der Waals surface area contributed by atoms with Crippen LogP contribution in [-0.4, -0.2) is 4.98 Å². The van der Waals surface area contributed by atoms with Crippen LogP contribution < -0.4 is 0 Å². The molecule has 0 unspecified atom stereocenters. The van der Waals surface area contributed by atoms with Crippen LogP contribution in [0.5, 0.6) is 0 Å². The van der Waals surface area contributed by atoms with E-state index < -0.39 is 0 Å². The minimum Gasteiger partial charge on any atom is -0.359 e. The maximum absolute atomic E-state index is 3.07. The number of H-pyrrole nitrogens is 1. The molecule has 0 bridgehead atoms. The third kappa shape index (κ3) is 0.617. The minimum atomic E-state index is 1.09. The van der Waals surface area contributed by atoms with E-state index in [1.54, 1.807) is 0 Å². The lowest BCUT2D eigenvalue weighted by Crippen LogP contribution is -1.59. The van der Waals surface area contributed by atoms with Crippen LogP contribution >= 0.6 is 0 Å². The molecule has 2 rings (SSSR count). The van der Waals surface area contributed by atoms with E-state index in [2.05, 4.69) is 17.2 Å². The Morgan fingerprint density at radius 3 is 3.22 bits per heavy atom. The second kappa shape index (κ2) is 1.62. The van der Waals surface area contributed by atoms with E-state index in [1.165, 1.54) is 0 Å². The van der Waals surface area contributed by atoms with Gasteiger partial charge in [0, 0.05) is 17.0 Å². The molecule has 0 aliphatic heterocycles. The molecule has 1 nitrogen and oxygen atoms in total. The van der Waals surface area contributed by atoms with Crippen LogP contribution in [0.3, 0.4) is 0 Å². The first kappa shape index (κ1) is 4.62. The largest absolute Gasteiger partial charge is 0.359 e. The fourth-order valence-electron chi connectivity index (χ4n) is 0.864. The molecular formula is C8H5N. The SMILES string of the molecule is [c]1[nH]cc2[c]cccc12. The molecule has 0 saturated heterocycles. The van der Waals surface area contributed by atoms with Crippen molar-refractivity contribution in [3.63, 3.8) is 0 Å². The quantitative estimate of drug-likeness (QED) is 0.538. The predicted molar refractivity (Wildman–Crippen MR) is 36.0 cm³/mol. The Balaban J connectivity index is 2.95. The van der Waals surface area contributed by atoms with Gasteiger partial charge in [0.2, 0.25) is 0 Å². The average molecular weight is 115 g/mol. The number of fused-ring (bicyclic) bond motifs is 1. The average Bonchev–Trinajstić information content (AvgIpc) is 2.33. The summed E-state index contributed by atoms with van der Waals surface area (Å²) in [7, 11) is 0. The first-order valence-electron chi connectivity index (χ1n) is 2.82. The molecule has 1 aromatic carbocycles. The highest BCUT2D eigenvalue weighted by Gasteiger charge is 1.88. The lowest BCUT2D eigenvalue weighted by atomic mass is 10.2. The molecule has 0 fully saturated rings. The molecule has 1 aromatic heterocycles. The number of nitrogens with one attached hydrogen (secondary N) is 1. The molecule has 1 N–H and O–H groups in total. The zero-order valence-corrected chi connectivity index (χ0v) is 4.81. The first-order valence-corrected chi connectivity index (χ1v) is 2.82. The van der Waals surface area contributed by atoms with Gasteiger partial charge in [0.15, 0.2) is 0 Å². The van der Waals surface area contributed by atoms with Crippen molar-refractivity contribution < 1.29 is 0 Å². The fourth-order valence-corrected chi connectivity index (χ4v) is 0.864. The Bertz CT molecular complexity index is 279. The van der Waals surface area contributed by atoms with Crippen molar-refractivity contribution in [2.75, 3.05) is 0 Å². The molecule has 0 aliphatic rings. The van der Waals surface area contributed by atoms with Crippen molar-refractivity contribution in [2.24, 2.45) is 0 Å². The van der Waals surface area contributed by atoms with E-state index in [1.807, 2.05) is 24.4 Å². The Morgan fingerprint density at radius 2 is 2.33 bits per heavy atom. The monoisotopic (exact) mass is 115 g/mol. The van der Waals surface area contributed by atoms with E-state index in [0.717, 1.165) is 10.8 Å². The van der Waals surface area contributed by atoms with Gasteiger partial charge in [0.1, 0.15) is 0 Å². The summed E-state index contributed by atoms with van der Waals surface area (Å²) in [6, 6.07) is 8.91. The van der Waals surface area contributed by atoms with Gasteiger partial charge < -0.3 is 4.98 Å².